The molecule has 0 aliphatic heterocycles. The molecule has 1 aromatic carbocycles. The zero-order valence-corrected chi connectivity index (χ0v) is 11.3. The largest absolute Gasteiger partial charge is 0.469 e. The van der Waals surface area contributed by atoms with Gasteiger partial charge in [0.1, 0.15) is 0 Å². The van der Waals surface area contributed by atoms with Crippen LogP contribution in [-0.4, -0.2) is 25.0 Å². The maximum absolute atomic E-state index is 11.8. The first kappa shape index (κ1) is 13.7. The predicted octanol–water partition coefficient (Wildman–Crippen LogP) is 2.13. The van der Waals surface area contributed by atoms with Crippen molar-refractivity contribution >= 4 is 27.8 Å². The van der Waals surface area contributed by atoms with Gasteiger partial charge in [0.15, 0.2) is 0 Å². The van der Waals surface area contributed by atoms with Gasteiger partial charge in [-0.05, 0) is 25.1 Å². The van der Waals surface area contributed by atoms with Gasteiger partial charge in [-0.25, -0.2) is 0 Å². The highest BCUT2D eigenvalue weighted by Gasteiger charge is 2.13. The highest BCUT2D eigenvalue weighted by Crippen LogP contribution is 2.11. The maximum Gasteiger partial charge on any atom is 0.307 e. The highest BCUT2D eigenvalue weighted by molar-refractivity contribution is 9.10. The molecule has 0 saturated carbocycles. The fraction of sp³-hybridized carbons (Fsp3) is 0.333. The van der Waals surface area contributed by atoms with E-state index in [1.165, 1.54) is 7.11 Å². The second-order valence-corrected chi connectivity index (χ2v) is 4.58. The van der Waals surface area contributed by atoms with Crippen LogP contribution in [0.5, 0.6) is 0 Å². The summed E-state index contributed by atoms with van der Waals surface area (Å²) in [5.41, 5.74) is 0.552. The molecule has 1 unspecified atom stereocenters. The van der Waals surface area contributed by atoms with Crippen LogP contribution in [0, 0.1) is 0 Å². The molecule has 1 rings (SSSR count). The second-order valence-electron chi connectivity index (χ2n) is 3.67. The Morgan fingerprint density at radius 1 is 1.47 bits per heavy atom. The van der Waals surface area contributed by atoms with E-state index in [4.69, 9.17) is 0 Å². The number of hydrogen-bond acceptors (Lipinski definition) is 3. The first-order valence-corrected chi connectivity index (χ1v) is 5.95. The number of benzene rings is 1. The number of esters is 1. The van der Waals surface area contributed by atoms with E-state index in [0.29, 0.717) is 5.56 Å². The van der Waals surface area contributed by atoms with Crippen molar-refractivity contribution in [3.05, 3.63) is 34.3 Å². The number of carbonyl (C=O) groups is 2. The minimum absolute atomic E-state index is 0.163. The van der Waals surface area contributed by atoms with E-state index in [1.807, 2.05) is 6.07 Å². The standard InChI is InChI=1S/C12H14BrNO3/c1-8(6-11(15)17-2)14-12(16)9-4-3-5-10(13)7-9/h3-5,7-8H,6H2,1-2H3,(H,14,16). The van der Waals surface area contributed by atoms with Gasteiger partial charge in [0.05, 0.1) is 13.5 Å². The van der Waals surface area contributed by atoms with E-state index in [-0.39, 0.29) is 24.3 Å². The highest BCUT2D eigenvalue weighted by atomic mass is 79.9. The van der Waals surface area contributed by atoms with E-state index in [9.17, 15) is 9.59 Å². The summed E-state index contributed by atoms with van der Waals surface area (Å²) in [6, 6.07) is 6.80. The van der Waals surface area contributed by atoms with Crippen LogP contribution in [0.25, 0.3) is 0 Å². The summed E-state index contributed by atoms with van der Waals surface area (Å²) < 4.78 is 5.37. The molecule has 0 radical (unpaired) electrons. The first-order valence-electron chi connectivity index (χ1n) is 5.16. The monoisotopic (exact) mass is 299 g/mol. The molecule has 0 aliphatic carbocycles. The molecule has 92 valence electrons. The Balaban J connectivity index is 2.57. The van der Waals surface area contributed by atoms with Crippen LogP contribution in [0.4, 0.5) is 0 Å². The molecule has 1 aromatic rings. The molecule has 1 atom stereocenters. The van der Waals surface area contributed by atoms with Crippen LogP contribution in [0.2, 0.25) is 0 Å². The third-order valence-electron chi connectivity index (χ3n) is 2.16. The molecule has 4 nitrogen and oxygen atoms in total. The summed E-state index contributed by atoms with van der Waals surface area (Å²) in [5.74, 6) is -0.547. The summed E-state index contributed by atoms with van der Waals surface area (Å²) >= 11 is 3.29. The lowest BCUT2D eigenvalue weighted by atomic mass is 10.2. The Bertz CT molecular complexity index is 420. The molecule has 0 spiro atoms. The molecule has 0 aromatic heterocycles. The quantitative estimate of drug-likeness (QED) is 0.867. The van der Waals surface area contributed by atoms with Crippen LogP contribution in [-0.2, 0) is 9.53 Å². The van der Waals surface area contributed by atoms with Crippen LogP contribution >= 0.6 is 15.9 Å². The lowest BCUT2D eigenvalue weighted by molar-refractivity contribution is -0.141. The van der Waals surface area contributed by atoms with Gasteiger partial charge in [0.2, 0.25) is 0 Å². The molecule has 0 fully saturated rings. The Morgan fingerprint density at radius 2 is 2.18 bits per heavy atom. The maximum atomic E-state index is 11.8. The Kier molecular flexibility index (Phi) is 5.15. The third-order valence-corrected chi connectivity index (χ3v) is 2.66. The summed E-state index contributed by atoms with van der Waals surface area (Å²) in [4.78, 5) is 22.8. The molecule has 0 heterocycles. The van der Waals surface area contributed by atoms with Gasteiger partial charge in [-0.15, -0.1) is 0 Å². The Labute approximate surface area is 108 Å². The molecular formula is C12H14BrNO3. The van der Waals surface area contributed by atoms with Gasteiger partial charge in [0, 0.05) is 16.1 Å². The topological polar surface area (TPSA) is 55.4 Å². The average molecular weight is 300 g/mol. The van der Waals surface area contributed by atoms with E-state index < -0.39 is 0 Å². The molecule has 0 bridgehead atoms. The van der Waals surface area contributed by atoms with Gasteiger partial charge in [-0.1, -0.05) is 22.0 Å². The van der Waals surface area contributed by atoms with E-state index in [1.54, 1.807) is 25.1 Å². The van der Waals surface area contributed by atoms with E-state index in [2.05, 4.69) is 26.0 Å². The smallest absolute Gasteiger partial charge is 0.307 e. The summed E-state index contributed by atoms with van der Waals surface area (Å²) in [5, 5.41) is 2.73. The van der Waals surface area contributed by atoms with Crippen molar-refractivity contribution in [2.24, 2.45) is 0 Å². The number of nitrogens with one attached hydrogen (secondary N) is 1. The van der Waals surface area contributed by atoms with Crippen molar-refractivity contribution in [1.29, 1.82) is 0 Å². The van der Waals surface area contributed by atoms with E-state index >= 15 is 0 Å². The number of carbonyl (C=O) groups excluding carboxylic acids is 2. The van der Waals surface area contributed by atoms with Crippen molar-refractivity contribution < 1.29 is 14.3 Å². The molecule has 1 amide bonds. The van der Waals surface area contributed by atoms with E-state index in [0.717, 1.165) is 4.47 Å². The van der Waals surface area contributed by atoms with Crippen LogP contribution in [0.1, 0.15) is 23.7 Å². The van der Waals surface area contributed by atoms with Crippen molar-refractivity contribution in [2.45, 2.75) is 19.4 Å². The van der Waals surface area contributed by atoms with Gasteiger partial charge in [-0.3, -0.25) is 9.59 Å². The van der Waals surface area contributed by atoms with Crippen molar-refractivity contribution in [1.82, 2.24) is 5.32 Å². The number of ether oxygens (including phenoxy) is 1. The van der Waals surface area contributed by atoms with Crippen molar-refractivity contribution in [3.8, 4) is 0 Å². The number of rotatable bonds is 4. The first-order chi connectivity index (χ1) is 8.02. The molecule has 0 saturated heterocycles. The van der Waals surface area contributed by atoms with Crippen molar-refractivity contribution in [3.63, 3.8) is 0 Å². The predicted molar refractivity (Wildman–Crippen MR) is 67.7 cm³/mol. The van der Waals surface area contributed by atoms with Gasteiger partial charge in [-0.2, -0.15) is 0 Å². The minimum atomic E-state index is -0.341. The second kappa shape index (κ2) is 6.39. The Morgan fingerprint density at radius 3 is 2.76 bits per heavy atom. The molecule has 17 heavy (non-hydrogen) atoms. The molecular weight excluding hydrogens is 286 g/mol. The molecule has 5 heteroatoms. The Hall–Kier alpha value is -1.36. The van der Waals surface area contributed by atoms with Gasteiger partial charge in [0.25, 0.3) is 5.91 Å². The van der Waals surface area contributed by atoms with Crippen molar-refractivity contribution in [2.75, 3.05) is 7.11 Å². The number of halogens is 1. The van der Waals surface area contributed by atoms with Gasteiger partial charge < -0.3 is 10.1 Å². The van der Waals surface area contributed by atoms with Gasteiger partial charge >= 0.3 is 5.97 Å². The zero-order chi connectivity index (χ0) is 12.8. The lowest BCUT2D eigenvalue weighted by Gasteiger charge is -2.12. The summed E-state index contributed by atoms with van der Waals surface area (Å²) in [7, 11) is 1.32. The van der Waals surface area contributed by atoms with Crippen LogP contribution < -0.4 is 5.32 Å². The SMILES string of the molecule is COC(=O)CC(C)NC(=O)c1cccc(Br)c1. The molecule has 0 aliphatic rings. The number of hydrogen-bond donors (Lipinski definition) is 1. The normalized spacial score (nSPS) is 11.7. The molecule has 1 N–H and O–H groups in total. The summed E-state index contributed by atoms with van der Waals surface area (Å²) in [6.07, 6.45) is 0.163. The third kappa shape index (κ3) is 4.56. The summed E-state index contributed by atoms with van der Waals surface area (Å²) in [6.45, 7) is 1.76. The number of methoxy groups -OCH3 is 1. The van der Waals surface area contributed by atoms with Crippen LogP contribution in [0.3, 0.4) is 0 Å². The fourth-order valence-electron chi connectivity index (χ4n) is 1.32. The average Bonchev–Trinajstić information content (AvgIpc) is 2.28. The minimum Gasteiger partial charge on any atom is -0.469 e. The lowest BCUT2D eigenvalue weighted by Crippen LogP contribution is -2.34. The number of amides is 1. The van der Waals surface area contributed by atoms with Crippen LogP contribution in [0.15, 0.2) is 28.7 Å². The zero-order valence-electron chi connectivity index (χ0n) is 9.70. The fourth-order valence-corrected chi connectivity index (χ4v) is 1.72.